The lowest BCUT2D eigenvalue weighted by Gasteiger charge is -2.21. The van der Waals surface area contributed by atoms with Crippen LogP contribution in [0.4, 0.5) is 8.78 Å². The van der Waals surface area contributed by atoms with Gasteiger partial charge in [0.25, 0.3) is 5.91 Å². The molecule has 0 fully saturated rings. The number of benzene rings is 1. The summed E-state index contributed by atoms with van der Waals surface area (Å²) in [5.41, 5.74) is 0.218. The van der Waals surface area contributed by atoms with Crippen molar-refractivity contribution in [3.8, 4) is 5.75 Å². The van der Waals surface area contributed by atoms with Gasteiger partial charge in [-0.3, -0.25) is 4.79 Å². The van der Waals surface area contributed by atoms with E-state index >= 15 is 0 Å². The Morgan fingerprint density at radius 2 is 2.16 bits per heavy atom. The SMILES string of the molecule is CC(C)(CBr)CNC(=O)c1cccc(OC(F)F)c1. The van der Waals surface area contributed by atoms with Crippen LogP contribution in [0.1, 0.15) is 24.2 Å². The number of hydrogen-bond donors (Lipinski definition) is 1. The Labute approximate surface area is 119 Å². The van der Waals surface area contributed by atoms with E-state index in [1.165, 1.54) is 18.2 Å². The van der Waals surface area contributed by atoms with Gasteiger partial charge >= 0.3 is 6.61 Å². The molecule has 1 N–H and O–H groups in total. The van der Waals surface area contributed by atoms with Crippen LogP contribution in [0, 0.1) is 5.41 Å². The van der Waals surface area contributed by atoms with E-state index in [2.05, 4.69) is 26.0 Å². The standard InChI is InChI=1S/C13H16BrF2NO2/c1-13(2,7-14)8-17-11(18)9-4-3-5-10(6-9)19-12(15)16/h3-6,12H,7-8H2,1-2H3,(H,17,18). The Morgan fingerprint density at radius 1 is 1.47 bits per heavy atom. The number of amides is 1. The summed E-state index contributed by atoms with van der Waals surface area (Å²) in [5, 5.41) is 3.50. The van der Waals surface area contributed by atoms with Gasteiger partial charge in [0.15, 0.2) is 0 Å². The molecular formula is C13H16BrF2NO2. The molecule has 0 saturated heterocycles. The molecule has 1 rings (SSSR count). The molecule has 0 saturated carbocycles. The minimum Gasteiger partial charge on any atom is -0.435 e. The van der Waals surface area contributed by atoms with Crippen molar-refractivity contribution in [2.75, 3.05) is 11.9 Å². The minimum absolute atomic E-state index is 0.0256. The molecule has 106 valence electrons. The van der Waals surface area contributed by atoms with Crippen molar-refractivity contribution in [1.82, 2.24) is 5.32 Å². The zero-order valence-electron chi connectivity index (χ0n) is 10.8. The fourth-order valence-corrected chi connectivity index (χ4v) is 1.48. The molecule has 6 heteroatoms. The molecule has 0 aliphatic carbocycles. The summed E-state index contributed by atoms with van der Waals surface area (Å²) in [6, 6.07) is 5.73. The third-order valence-electron chi connectivity index (χ3n) is 2.41. The van der Waals surface area contributed by atoms with Crippen LogP contribution in [-0.2, 0) is 0 Å². The van der Waals surface area contributed by atoms with E-state index in [-0.39, 0.29) is 17.1 Å². The molecule has 0 aliphatic rings. The normalized spacial score (nSPS) is 11.5. The Kier molecular flexibility index (Phi) is 5.72. The number of carbonyl (C=O) groups excluding carboxylic acids is 1. The van der Waals surface area contributed by atoms with Crippen LogP contribution < -0.4 is 10.1 Å². The van der Waals surface area contributed by atoms with E-state index in [4.69, 9.17) is 0 Å². The van der Waals surface area contributed by atoms with Crippen molar-refractivity contribution in [2.45, 2.75) is 20.5 Å². The predicted molar refractivity (Wildman–Crippen MR) is 73.0 cm³/mol. The highest BCUT2D eigenvalue weighted by Crippen LogP contribution is 2.18. The van der Waals surface area contributed by atoms with Gasteiger partial charge in [0, 0.05) is 17.4 Å². The lowest BCUT2D eigenvalue weighted by atomic mass is 9.97. The van der Waals surface area contributed by atoms with Crippen molar-refractivity contribution >= 4 is 21.8 Å². The average Bonchev–Trinajstić information content (AvgIpc) is 2.35. The maximum atomic E-state index is 12.1. The lowest BCUT2D eigenvalue weighted by molar-refractivity contribution is -0.0498. The molecule has 1 amide bonds. The summed E-state index contributed by atoms with van der Waals surface area (Å²) in [6.07, 6.45) is 0. The highest BCUT2D eigenvalue weighted by molar-refractivity contribution is 9.09. The second-order valence-electron chi connectivity index (χ2n) is 4.89. The van der Waals surface area contributed by atoms with Crippen molar-refractivity contribution in [2.24, 2.45) is 5.41 Å². The highest BCUT2D eigenvalue weighted by Gasteiger charge is 2.18. The molecule has 0 bridgehead atoms. The summed E-state index contributed by atoms with van der Waals surface area (Å²) in [5.74, 6) is -0.337. The van der Waals surface area contributed by atoms with E-state index in [1.54, 1.807) is 6.07 Å². The van der Waals surface area contributed by atoms with Crippen LogP contribution in [0.15, 0.2) is 24.3 Å². The number of halogens is 3. The van der Waals surface area contributed by atoms with Crippen LogP contribution in [0.2, 0.25) is 0 Å². The van der Waals surface area contributed by atoms with Gasteiger partial charge in [0.2, 0.25) is 0 Å². The molecule has 1 aromatic carbocycles. The van der Waals surface area contributed by atoms with Gasteiger partial charge in [-0.2, -0.15) is 8.78 Å². The molecular weight excluding hydrogens is 320 g/mol. The van der Waals surface area contributed by atoms with E-state index in [0.29, 0.717) is 12.1 Å². The van der Waals surface area contributed by atoms with E-state index < -0.39 is 6.61 Å². The van der Waals surface area contributed by atoms with Crippen molar-refractivity contribution in [3.63, 3.8) is 0 Å². The van der Waals surface area contributed by atoms with Crippen molar-refractivity contribution < 1.29 is 18.3 Å². The maximum Gasteiger partial charge on any atom is 0.387 e. The summed E-state index contributed by atoms with van der Waals surface area (Å²) < 4.78 is 28.4. The number of ether oxygens (including phenoxy) is 1. The van der Waals surface area contributed by atoms with Gasteiger partial charge in [-0.25, -0.2) is 0 Å². The largest absolute Gasteiger partial charge is 0.435 e. The lowest BCUT2D eigenvalue weighted by Crippen LogP contribution is -2.34. The van der Waals surface area contributed by atoms with Crippen LogP contribution >= 0.6 is 15.9 Å². The van der Waals surface area contributed by atoms with Crippen molar-refractivity contribution in [3.05, 3.63) is 29.8 Å². The fraction of sp³-hybridized carbons (Fsp3) is 0.462. The molecule has 3 nitrogen and oxygen atoms in total. The molecule has 1 aromatic rings. The molecule has 19 heavy (non-hydrogen) atoms. The van der Waals surface area contributed by atoms with Gasteiger partial charge in [-0.05, 0) is 23.6 Å². The number of nitrogens with one attached hydrogen (secondary N) is 1. The van der Waals surface area contributed by atoms with Gasteiger partial charge < -0.3 is 10.1 Å². The quantitative estimate of drug-likeness (QED) is 0.808. The third-order valence-corrected chi connectivity index (χ3v) is 3.93. The van der Waals surface area contributed by atoms with E-state index in [9.17, 15) is 13.6 Å². The van der Waals surface area contributed by atoms with Gasteiger partial charge in [0.05, 0.1) is 0 Å². The first-order chi connectivity index (χ1) is 8.84. The monoisotopic (exact) mass is 335 g/mol. The average molecular weight is 336 g/mol. The Hall–Kier alpha value is -1.17. The second-order valence-corrected chi connectivity index (χ2v) is 5.45. The molecule has 0 atom stereocenters. The Bertz CT molecular complexity index is 438. The first kappa shape index (κ1) is 15.9. The number of hydrogen-bond acceptors (Lipinski definition) is 2. The van der Waals surface area contributed by atoms with Gasteiger partial charge in [0.1, 0.15) is 5.75 Å². The number of carbonyl (C=O) groups is 1. The van der Waals surface area contributed by atoms with Gasteiger partial charge in [-0.15, -0.1) is 0 Å². The molecule has 0 heterocycles. The topological polar surface area (TPSA) is 38.3 Å². The van der Waals surface area contributed by atoms with Crippen LogP contribution in [0.25, 0.3) is 0 Å². The van der Waals surface area contributed by atoms with Crippen LogP contribution in [0.5, 0.6) is 5.75 Å². The summed E-state index contributed by atoms with van der Waals surface area (Å²) in [6.45, 7) is 1.58. The Balaban J connectivity index is 2.67. The third kappa shape index (κ3) is 5.55. The fourth-order valence-electron chi connectivity index (χ4n) is 1.28. The molecule has 0 radical (unpaired) electrons. The summed E-state index contributed by atoms with van der Waals surface area (Å²) >= 11 is 3.36. The first-order valence-corrected chi connectivity index (χ1v) is 6.85. The van der Waals surface area contributed by atoms with Crippen LogP contribution in [-0.4, -0.2) is 24.4 Å². The molecule has 0 aliphatic heterocycles. The maximum absolute atomic E-state index is 12.1. The predicted octanol–water partition coefficient (Wildman–Crippen LogP) is 3.44. The smallest absolute Gasteiger partial charge is 0.387 e. The highest BCUT2D eigenvalue weighted by atomic mass is 79.9. The first-order valence-electron chi connectivity index (χ1n) is 5.73. The summed E-state index contributed by atoms with van der Waals surface area (Å²) in [4.78, 5) is 11.9. The minimum atomic E-state index is -2.90. The van der Waals surface area contributed by atoms with Crippen molar-refractivity contribution in [1.29, 1.82) is 0 Å². The zero-order chi connectivity index (χ0) is 14.5. The number of rotatable bonds is 6. The van der Waals surface area contributed by atoms with E-state index in [1.807, 2.05) is 13.8 Å². The van der Waals surface area contributed by atoms with Gasteiger partial charge in [-0.1, -0.05) is 35.8 Å². The van der Waals surface area contributed by atoms with E-state index in [0.717, 1.165) is 5.33 Å². The summed E-state index contributed by atoms with van der Waals surface area (Å²) in [7, 11) is 0. The van der Waals surface area contributed by atoms with Crippen LogP contribution in [0.3, 0.4) is 0 Å². The number of alkyl halides is 3. The Morgan fingerprint density at radius 3 is 2.74 bits per heavy atom. The molecule has 0 unspecified atom stereocenters. The second kappa shape index (κ2) is 6.84. The zero-order valence-corrected chi connectivity index (χ0v) is 12.3. The molecule has 0 aromatic heterocycles. The molecule has 0 spiro atoms.